The molecular weight excluding hydrogens is 376 g/mol. The van der Waals surface area contributed by atoms with Gasteiger partial charge in [-0.15, -0.1) is 0 Å². The number of ether oxygens (including phenoxy) is 1. The molecular formula is C20H24N4O3S. The van der Waals surface area contributed by atoms with Gasteiger partial charge in [0, 0.05) is 24.6 Å². The van der Waals surface area contributed by atoms with Crippen LogP contribution in [-0.2, 0) is 4.79 Å². The topological polar surface area (TPSA) is 83.6 Å². The fourth-order valence-corrected chi connectivity index (χ4v) is 4.82. The number of carbonyl (C=O) groups is 2. The lowest BCUT2D eigenvalue weighted by molar-refractivity contribution is -0.114. The fourth-order valence-electron chi connectivity index (χ4n) is 4.09. The first-order chi connectivity index (χ1) is 13.5. The minimum Gasteiger partial charge on any atom is -0.431 e. The predicted molar refractivity (Wildman–Crippen MR) is 108 cm³/mol. The maximum Gasteiger partial charge on any atom is 0.280 e. The summed E-state index contributed by atoms with van der Waals surface area (Å²) in [5, 5.41) is 6.97. The quantitative estimate of drug-likeness (QED) is 0.806. The average molecular weight is 401 g/mol. The number of nitrogens with zero attached hydrogens (tertiary/aromatic N) is 2. The number of carbonyl (C=O) groups excluding carboxylic acids is 2. The van der Waals surface area contributed by atoms with E-state index in [2.05, 4.69) is 27.4 Å². The first kappa shape index (κ1) is 18.9. The Balaban J connectivity index is 1.37. The molecule has 0 radical (unpaired) electrons. The number of hydrogen-bond donors (Lipinski definition) is 2. The second-order valence-electron chi connectivity index (χ2n) is 7.41. The van der Waals surface area contributed by atoms with Crippen molar-refractivity contribution in [2.75, 3.05) is 18.4 Å². The molecule has 2 amide bonds. The summed E-state index contributed by atoms with van der Waals surface area (Å²) in [6.07, 6.45) is 3.88. The summed E-state index contributed by atoms with van der Waals surface area (Å²) in [5.74, 6) is 0.980. The molecule has 5 rings (SSSR count). The molecule has 8 heteroatoms. The van der Waals surface area contributed by atoms with Gasteiger partial charge in [-0.1, -0.05) is 11.3 Å². The van der Waals surface area contributed by atoms with E-state index < -0.39 is 0 Å². The highest BCUT2D eigenvalue weighted by atomic mass is 32.1. The molecule has 0 aliphatic carbocycles. The van der Waals surface area contributed by atoms with E-state index in [1.807, 2.05) is 0 Å². The van der Waals surface area contributed by atoms with Crippen molar-refractivity contribution in [2.45, 2.75) is 38.8 Å². The van der Waals surface area contributed by atoms with Gasteiger partial charge in [0.25, 0.3) is 11.1 Å². The van der Waals surface area contributed by atoms with E-state index in [9.17, 15) is 9.59 Å². The Kier molecular flexibility index (Phi) is 5.32. The maximum atomic E-state index is 12.7. The number of hydrogen-bond acceptors (Lipinski definition) is 6. The van der Waals surface area contributed by atoms with Crippen molar-refractivity contribution in [3.8, 4) is 10.9 Å². The van der Waals surface area contributed by atoms with E-state index in [0.717, 1.165) is 25.9 Å². The fraction of sp³-hybridized carbons (Fsp3) is 0.450. The van der Waals surface area contributed by atoms with Crippen molar-refractivity contribution in [2.24, 2.45) is 5.92 Å². The molecule has 28 heavy (non-hydrogen) atoms. The first-order valence-electron chi connectivity index (χ1n) is 9.56. The van der Waals surface area contributed by atoms with Crippen LogP contribution in [0.2, 0.25) is 0 Å². The number of fused-ring (bicyclic) bond motifs is 3. The molecule has 0 unspecified atom stereocenters. The van der Waals surface area contributed by atoms with Crippen LogP contribution in [0.1, 0.15) is 37.0 Å². The number of rotatable bonds is 5. The van der Waals surface area contributed by atoms with Gasteiger partial charge in [-0.2, -0.15) is 0 Å². The lowest BCUT2D eigenvalue weighted by atomic mass is 9.79. The average Bonchev–Trinajstić information content (AvgIpc) is 3.11. The summed E-state index contributed by atoms with van der Waals surface area (Å²) in [7, 11) is 0. The normalized spacial score (nSPS) is 25.9. The van der Waals surface area contributed by atoms with Crippen LogP contribution in [0.25, 0.3) is 0 Å². The molecule has 3 fully saturated rings. The molecule has 0 saturated carbocycles. The van der Waals surface area contributed by atoms with Crippen molar-refractivity contribution >= 4 is 28.2 Å². The summed E-state index contributed by atoms with van der Waals surface area (Å²) in [6.45, 7) is 5.94. The van der Waals surface area contributed by atoms with Gasteiger partial charge in [0.1, 0.15) is 10.8 Å². The SMILES string of the molecule is CC(=O)Nc1cnc(Oc2ccc(C(=O)N[C@@H]3C4CCN(CC4)[C@@H]3C)cc2)s1. The molecule has 2 aromatic rings. The number of nitrogens with one attached hydrogen (secondary N) is 2. The van der Waals surface area contributed by atoms with Gasteiger partial charge in [-0.25, -0.2) is 4.98 Å². The molecule has 4 heterocycles. The number of piperidine rings is 3. The smallest absolute Gasteiger partial charge is 0.280 e. The van der Waals surface area contributed by atoms with Crippen LogP contribution in [0.3, 0.4) is 0 Å². The third kappa shape index (κ3) is 4.02. The van der Waals surface area contributed by atoms with E-state index >= 15 is 0 Å². The van der Waals surface area contributed by atoms with Gasteiger partial charge in [0.2, 0.25) is 5.91 Å². The first-order valence-corrected chi connectivity index (χ1v) is 10.4. The standard InChI is InChI=1S/C20H24N4O3S/c1-12-18(14-7-9-24(12)10-8-14)23-19(26)15-3-5-16(6-4-15)27-20-21-11-17(28-20)22-13(2)25/h3-6,11-12,14,18H,7-10H2,1-2H3,(H,22,25)(H,23,26)/t12-,18+/m1/s1. The summed E-state index contributed by atoms with van der Waals surface area (Å²) < 4.78 is 5.70. The van der Waals surface area contributed by atoms with E-state index in [1.54, 1.807) is 30.5 Å². The molecule has 0 spiro atoms. The van der Waals surface area contributed by atoms with Gasteiger partial charge in [-0.3, -0.25) is 14.5 Å². The largest absolute Gasteiger partial charge is 0.431 e. The summed E-state index contributed by atoms with van der Waals surface area (Å²) in [5.41, 5.74) is 0.620. The van der Waals surface area contributed by atoms with Crippen molar-refractivity contribution < 1.29 is 14.3 Å². The molecule has 3 saturated heterocycles. The van der Waals surface area contributed by atoms with E-state index in [4.69, 9.17) is 4.74 Å². The Hall–Kier alpha value is -2.45. The third-order valence-corrected chi connectivity index (χ3v) is 6.37. The van der Waals surface area contributed by atoms with Gasteiger partial charge >= 0.3 is 0 Å². The Labute approximate surface area is 168 Å². The van der Waals surface area contributed by atoms with E-state index in [1.165, 1.54) is 18.3 Å². The summed E-state index contributed by atoms with van der Waals surface area (Å²) >= 11 is 1.25. The molecule has 2 bridgehead atoms. The van der Waals surface area contributed by atoms with Gasteiger partial charge in [0.05, 0.1) is 6.20 Å². The van der Waals surface area contributed by atoms with Crippen molar-refractivity contribution in [3.05, 3.63) is 36.0 Å². The summed E-state index contributed by atoms with van der Waals surface area (Å²) in [4.78, 5) is 30.4. The molecule has 148 valence electrons. The highest BCUT2D eigenvalue weighted by Crippen LogP contribution is 2.33. The number of aromatic nitrogens is 1. The molecule has 2 N–H and O–H groups in total. The Bertz CT molecular complexity index is 857. The van der Waals surface area contributed by atoms with E-state index in [0.29, 0.717) is 33.5 Å². The van der Waals surface area contributed by atoms with Crippen molar-refractivity contribution in [1.82, 2.24) is 15.2 Å². The zero-order valence-corrected chi connectivity index (χ0v) is 16.8. The van der Waals surface area contributed by atoms with Crippen molar-refractivity contribution in [1.29, 1.82) is 0 Å². The highest BCUT2D eigenvalue weighted by Gasteiger charge is 2.40. The van der Waals surface area contributed by atoms with E-state index in [-0.39, 0.29) is 17.9 Å². The lowest BCUT2D eigenvalue weighted by Gasteiger charge is -2.49. The van der Waals surface area contributed by atoms with Crippen LogP contribution < -0.4 is 15.4 Å². The molecule has 3 aliphatic heterocycles. The number of thiazole rings is 1. The van der Waals surface area contributed by atoms with Crippen LogP contribution in [0.5, 0.6) is 10.9 Å². The predicted octanol–water partition coefficient (Wildman–Crippen LogP) is 3.11. The minimum atomic E-state index is -0.150. The number of amides is 2. The van der Waals surface area contributed by atoms with Crippen molar-refractivity contribution in [3.63, 3.8) is 0 Å². The van der Waals surface area contributed by atoms with Crippen LogP contribution >= 0.6 is 11.3 Å². The van der Waals surface area contributed by atoms with Gasteiger partial charge in [0.15, 0.2) is 0 Å². The van der Waals surface area contributed by atoms with Gasteiger partial charge in [-0.05, 0) is 63.0 Å². The molecule has 2 atom stereocenters. The second kappa shape index (κ2) is 7.89. The Morgan fingerprint density at radius 1 is 1.21 bits per heavy atom. The number of benzene rings is 1. The monoisotopic (exact) mass is 400 g/mol. The molecule has 3 aliphatic rings. The number of anilines is 1. The Morgan fingerprint density at radius 3 is 2.57 bits per heavy atom. The zero-order valence-electron chi connectivity index (χ0n) is 16.0. The maximum absolute atomic E-state index is 12.7. The van der Waals surface area contributed by atoms with Crippen LogP contribution in [-0.4, -0.2) is 46.9 Å². The molecule has 1 aromatic heterocycles. The molecule has 1 aromatic carbocycles. The highest BCUT2D eigenvalue weighted by molar-refractivity contribution is 7.17. The van der Waals surface area contributed by atoms with Crippen LogP contribution in [0.15, 0.2) is 30.5 Å². The van der Waals surface area contributed by atoms with Gasteiger partial charge < -0.3 is 15.4 Å². The van der Waals surface area contributed by atoms with Crippen LogP contribution in [0, 0.1) is 5.92 Å². The minimum absolute atomic E-state index is 0.0423. The zero-order chi connectivity index (χ0) is 19.7. The summed E-state index contributed by atoms with van der Waals surface area (Å²) in [6, 6.07) is 7.65. The lowest BCUT2D eigenvalue weighted by Crippen LogP contribution is -2.62. The Morgan fingerprint density at radius 2 is 1.93 bits per heavy atom. The molecule has 7 nitrogen and oxygen atoms in total. The third-order valence-electron chi connectivity index (χ3n) is 5.58. The van der Waals surface area contributed by atoms with Crippen LogP contribution in [0.4, 0.5) is 5.00 Å². The second-order valence-corrected chi connectivity index (χ2v) is 8.40.